The van der Waals surface area contributed by atoms with E-state index in [2.05, 4.69) is 4.98 Å². The van der Waals surface area contributed by atoms with Gasteiger partial charge in [0, 0.05) is 6.42 Å². The zero-order valence-electron chi connectivity index (χ0n) is 9.68. The van der Waals surface area contributed by atoms with Crippen LogP contribution >= 0.6 is 0 Å². The second kappa shape index (κ2) is 4.60. The van der Waals surface area contributed by atoms with E-state index in [1.165, 1.54) is 6.92 Å². The number of oxazole rings is 1. The Morgan fingerprint density at radius 1 is 1.59 bits per heavy atom. The van der Waals surface area contributed by atoms with E-state index in [1.54, 1.807) is 6.20 Å². The van der Waals surface area contributed by atoms with Crippen molar-refractivity contribution in [2.24, 2.45) is 5.92 Å². The van der Waals surface area contributed by atoms with Gasteiger partial charge in [-0.2, -0.15) is 0 Å². The number of carbonyl (C=O) groups is 1. The van der Waals surface area contributed by atoms with Gasteiger partial charge in [0.1, 0.15) is 11.5 Å². The quantitative estimate of drug-likeness (QED) is 0.796. The third kappa shape index (κ3) is 3.39. The molecule has 0 N–H and O–H groups in total. The van der Waals surface area contributed by atoms with Crippen LogP contribution in [0.2, 0.25) is 0 Å². The fourth-order valence-electron chi connectivity index (χ4n) is 2.05. The molecule has 1 unspecified atom stereocenters. The van der Waals surface area contributed by atoms with Gasteiger partial charge in [0.05, 0.1) is 24.1 Å². The van der Waals surface area contributed by atoms with Crippen molar-refractivity contribution in [3.8, 4) is 0 Å². The second-order valence-corrected chi connectivity index (χ2v) is 6.80. The van der Waals surface area contributed by atoms with Crippen molar-refractivity contribution in [1.82, 2.24) is 4.98 Å². The summed E-state index contributed by atoms with van der Waals surface area (Å²) in [7, 11) is -2.85. The van der Waals surface area contributed by atoms with Crippen molar-refractivity contribution >= 4 is 15.6 Å². The number of carbonyl (C=O) groups excluding carboxylic acids is 1. The van der Waals surface area contributed by atoms with E-state index in [9.17, 15) is 13.2 Å². The summed E-state index contributed by atoms with van der Waals surface area (Å²) in [5.41, 5.74) is 0. The molecule has 1 atom stereocenters. The zero-order valence-corrected chi connectivity index (χ0v) is 10.5. The van der Waals surface area contributed by atoms with Crippen LogP contribution in [0.5, 0.6) is 0 Å². The number of rotatable bonds is 4. The lowest BCUT2D eigenvalue weighted by atomic mass is 10.1. The van der Waals surface area contributed by atoms with Gasteiger partial charge in [0.15, 0.2) is 15.7 Å². The van der Waals surface area contributed by atoms with Gasteiger partial charge >= 0.3 is 0 Å². The lowest BCUT2D eigenvalue weighted by Crippen LogP contribution is -2.07. The number of nitrogens with zero attached hydrogens (tertiary/aromatic N) is 1. The van der Waals surface area contributed by atoms with Crippen molar-refractivity contribution in [1.29, 1.82) is 0 Å². The molecule has 0 radical (unpaired) electrons. The molecule has 94 valence electrons. The summed E-state index contributed by atoms with van der Waals surface area (Å²) in [5, 5.41) is 0. The lowest BCUT2D eigenvalue weighted by Gasteiger charge is -2.02. The molecule has 1 saturated heterocycles. The van der Waals surface area contributed by atoms with Crippen molar-refractivity contribution in [3.05, 3.63) is 17.8 Å². The first-order valence-corrected chi connectivity index (χ1v) is 7.40. The first-order valence-electron chi connectivity index (χ1n) is 5.58. The molecule has 1 aliphatic heterocycles. The van der Waals surface area contributed by atoms with E-state index < -0.39 is 9.84 Å². The number of Topliss-reactive ketones (excluding diaryl/α,β-unsaturated/α-hetero) is 1. The van der Waals surface area contributed by atoms with E-state index in [0.717, 1.165) is 0 Å². The van der Waals surface area contributed by atoms with Gasteiger partial charge in [-0.1, -0.05) is 0 Å². The Bertz CT molecular complexity index is 517. The molecule has 0 bridgehead atoms. The molecule has 1 aromatic heterocycles. The van der Waals surface area contributed by atoms with E-state index in [4.69, 9.17) is 4.42 Å². The molecule has 0 spiro atoms. The summed E-state index contributed by atoms with van der Waals surface area (Å²) in [6.45, 7) is 1.49. The van der Waals surface area contributed by atoms with Crippen molar-refractivity contribution in [2.45, 2.75) is 26.2 Å². The molecule has 2 rings (SSSR count). The van der Waals surface area contributed by atoms with Crippen molar-refractivity contribution < 1.29 is 17.6 Å². The van der Waals surface area contributed by atoms with Crippen molar-refractivity contribution in [2.75, 3.05) is 11.5 Å². The molecule has 1 aromatic rings. The SMILES string of the molecule is CC(=O)Cc1cnc(CC2CCS(=O)(=O)C2)o1. The van der Waals surface area contributed by atoms with E-state index >= 15 is 0 Å². The fourth-order valence-corrected chi connectivity index (χ4v) is 3.91. The minimum absolute atomic E-state index is 0.0242. The number of hydrogen-bond acceptors (Lipinski definition) is 5. The molecule has 17 heavy (non-hydrogen) atoms. The Hall–Kier alpha value is -1.17. The fraction of sp³-hybridized carbons (Fsp3) is 0.636. The van der Waals surface area contributed by atoms with Crippen LogP contribution in [0.4, 0.5) is 0 Å². The summed E-state index contributed by atoms with van der Waals surface area (Å²) < 4.78 is 28.0. The molecule has 0 amide bonds. The zero-order chi connectivity index (χ0) is 12.5. The summed E-state index contributed by atoms with van der Waals surface area (Å²) in [6.07, 6.45) is 3.00. The first-order chi connectivity index (χ1) is 7.94. The van der Waals surface area contributed by atoms with Crippen LogP contribution in [0.15, 0.2) is 10.6 Å². The molecular formula is C11H15NO4S. The standard InChI is InChI=1S/C11H15NO4S/c1-8(13)4-10-6-12-11(16-10)5-9-2-3-17(14,15)7-9/h6,9H,2-5,7H2,1H3. The highest BCUT2D eigenvalue weighted by molar-refractivity contribution is 7.91. The van der Waals surface area contributed by atoms with E-state index in [-0.39, 0.29) is 29.6 Å². The van der Waals surface area contributed by atoms with Crippen LogP contribution in [0.25, 0.3) is 0 Å². The lowest BCUT2D eigenvalue weighted by molar-refractivity contribution is -0.116. The van der Waals surface area contributed by atoms with Gasteiger partial charge in [0.2, 0.25) is 0 Å². The molecule has 2 heterocycles. The van der Waals surface area contributed by atoms with Crippen LogP contribution in [0.3, 0.4) is 0 Å². The van der Waals surface area contributed by atoms with Gasteiger partial charge in [-0.15, -0.1) is 0 Å². The molecule has 5 nitrogen and oxygen atoms in total. The monoisotopic (exact) mass is 257 g/mol. The topological polar surface area (TPSA) is 77.2 Å². The highest BCUT2D eigenvalue weighted by atomic mass is 32.2. The van der Waals surface area contributed by atoms with Gasteiger partial charge in [0.25, 0.3) is 0 Å². The number of ketones is 1. The smallest absolute Gasteiger partial charge is 0.194 e. The third-order valence-corrected chi connectivity index (χ3v) is 4.65. The Kier molecular flexibility index (Phi) is 3.33. The number of sulfone groups is 1. The van der Waals surface area contributed by atoms with Gasteiger partial charge in [-0.25, -0.2) is 13.4 Å². The van der Waals surface area contributed by atoms with E-state index in [1.807, 2.05) is 0 Å². The van der Waals surface area contributed by atoms with Gasteiger partial charge < -0.3 is 4.42 Å². The molecule has 0 aliphatic carbocycles. The maximum atomic E-state index is 11.3. The van der Waals surface area contributed by atoms with Gasteiger partial charge in [-0.3, -0.25) is 4.79 Å². The maximum absolute atomic E-state index is 11.3. The number of aromatic nitrogens is 1. The molecule has 6 heteroatoms. The average Bonchev–Trinajstić information content (AvgIpc) is 2.73. The molecule has 0 saturated carbocycles. The summed E-state index contributed by atoms with van der Waals surface area (Å²) in [6, 6.07) is 0. The molecular weight excluding hydrogens is 242 g/mol. The maximum Gasteiger partial charge on any atom is 0.194 e. The highest BCUT2D eigenvalue weighted by Gasteiger charge is 2.29. The van der Waals surface area contributed by atoms with Gasteiger partial charge in [-0.05, 0) is 19.3 Å². The molecule has 1 aliphatic rings. The average molecular weight is 257 g/mol. The van der Waals surface area contributed by atoms with E-state index in [0.29, 0.717) is 24.5 Å². The second-order valence-electron chi connectivity index (χ2n) is 4.57. The third-order valence-electron chi connectivity index (χ3n) is 2.81. The summed E-state index contributed by atoms with van der Waals surface area (Å²) in [4.78, 5) is 15.0. The minimum Gasteiger partial charge on any atom is -0.445 e. The predicted octanol–water partition coefficient (Wildman–Crippen LogP) is 0.783. The Morgan fingerprint density at radius 2 is 2.35 bits per heavy atom. The first kappa shape index (κ1) is 12.3. The normalized spacial score (nSPS) is 22.8. The predicted molar refractivity (Wildman–Crippen MR) is 61.4 cm³/mol. The Balaban J connectivity index is 1.96. The van der Waals surface area contributed by atoms with Crippen molar-refractivity contribution in [3.63, 3.8) is 0 Å². The summed E-state index contributed by atoms with van der Waals surface area (Å²) >= 11 is 0. The molecule has 1 fully saturated rings. The Labute approximate surface area is 100 Å². The number of hydrogen-bond donors (Lipinski definition) is 0. The van der Waals surface area contributed by atoms with Crippen LogP contribution in [0, 0.1) is 5.92 Å². The Morgan fingerprint density at radius 3 is 2.94 bits per heavy atom. The minimum atomic E-state index is -2.85. The van der Waals surface area contributed by atoms with Crippen LogP contribution in [-0.4, -0.2) is 30.7 Å². The summed E-state index contributed by atoms with van der Waals surface area (Å²) in [5.74, 6) is 1.69. The largest absolute Gasteiger partial charge is 0.445 e. The van der Waals surface area contributed by atoms with Crippen LogP contribution in [0.1, 0.15) is 25.0 Å². The van der Waals surface area contributed by atoms with Crippen LogP contribution in [-0.2, 0) is 27.5 Å². The van der Waals surface area contributed by atoms with Crippen LogP contribution < -0.4 is 0 Å². The highest BCUT2D eigenvalue weighted by Crippen LogP contribution is 2.22. The molecule has 0 aromatic carbocycles.